The quantitative estimate of drug-likeness (QED) is 0.510. The molecule has 0 radical (unpaired) electrons. The van der Waals surface area contributed by atoms with E-state index in [1.807, 2.05) is 0 Å². The van der Waals surface area contributed by atoms with E-state index in [1.54, 1.807) is 0 Å². The lowest BCUT2D eigenvalue weighted by molar-refractivity contribution is 0.267. The van der Waals surface area contributed by atoms with Gasteiger partial charge in [0.25, 0.3) is 0 Å². The van der Waals surface area contributed by atoms with Gasteiger partial charge in [-0.1, -0.05) is 41.5 Å². The van der Waals surface area contributed by atoms with E-state index in [0.29, 0.717) is 0 Å². The molecule has 0 N–H and O–H groups in total. The van der Waals surface area contributed by atoms with Crippen molar-refractivity contribution in [3.63, 3.8) is 0 Å². The van der Waals surface area contributed by atoms with E-state index in [1.165, 1.54) is 0 Å². The molecule has 0 amide bonds. The zero-order chi connectivity index (χ0) is 15.6. The molecule has 0 aliphatic carbocycles. The summed E-state index contributed by atoms with van der Waals surface area (Å²) in [5.74, 6) is 0. The molecule has 0 atom stereocenters. The Labute approximate surface area is 130 Å². The molecule has 0 spiro atoms. The van der Waals surface area contributed by atoms with Gasteiger partial charge in [0, 0.05) is 0 Å². The Hall–Kier alpha value is 0.0138. The highest BCUT2D eigenvalue weighted by atomic mass is 28.4. The third-order valence-electron chi connectivity index (χ3n) is 4.05. The van der Waals surface area contributed by atoms with Crippen LogP contribution in [0.15, 0.2) is 12.3 Å². The first-order valence-electron chi connectivity index (χ1n) is 8.09. The Bertz CT molecular complexity index is 243. The first-order chi connectivity index (χ1) is 9.59. The Balaban J connectivity index is 5.24. The van der Waals surface area contributed by atoms with Crippen molar-refractivity contribution < 1.29 is 4.12 Å². The molecule has 0 saturated carbocycles. The number of rotatable bonds is 12. The highest BCUT2D eigenvalue weighted by Gasteiger charge is 2.43. The number of hydrogen-bond acceptors (Lipinski definition) is 4. The van der Waals surface area contributed by atoms with Gasteiger partial charge in [-0.15, -0.1) is 6.58 Å². The van der Waals surface area contributed by atoms with E-state index in [9.17, 15) is 0 Å². The molecule has 0 bridgehead atoms. The van der Waals surface area contributed by atoms with Gasteiger partial charge in [0.05, 0.1) is 0 Å². The van der Waals surface area contributed by atoms with Crippen LogP contribution in [0.4, 0.5) is 0 Å². The van der Waals surface area contributed by atoms with Gasteiger partial charge in [0.1, 0.15) is 0 Å². The maximum atomic E-state index is 6.65. The first-order valence-corrected chi connectivity index (χ1v) is 11.2. The fourth-order valence-electron chi connectivity index (χ4n) is 2.65. The molecule has 0 unspecified atom stereocenters. The topological polar surface area (TPSA) is 19.0 Å². The van der Waals surface area contributed by atoms with Gasteiger partial charge in [-0.05, 0) is 45.0 Å². The van der Waals surface area contributed by atoms with Crippen LogP contribution in [0.2, 0.25) is 0 Å². The minimum atomic E-state index is -2.17. The van der Waals surface area contributed by atoms with Crippen LogP contribution in [0, 0.1) is 0 Å². The van der Waals surface area contributed by atoms with Crippen LogP contribution in [0.3, 0.4) is 0 Å². The van der Waals surface area contributed by atoms with E-state index >= 15 is 0 Å². The van der Waals surface area contributed by atoms with E-state index in [0.717, 1.165) is 39.3 Å². The van der Waals surface area contributed by atoms with Crippen molar-refractivity contribution in [3.8, 4) is 0 Å². The monoisotopic (exact) mass is 317 g/mol. The fraction of sp³-hybridized carbons (Fsp3) is 0.857. The Kier molecular flexibility index (Phi) is 10.7. The van der Waals surface area contributed by atoms with Crippen LogP contribution in [-0.2, 0) is 4.12 Å². The SMILES string of the molecule is C=C[Si](O[SiH2]N(CC)CC)(N(CC)CC)N(CC)CC. The number of nitrogens with zero attached hydrogens (tertiary/aromatic N) is 3. The van der Waals surface area contributed by atoms with Crippen molar-refractivity contribution in [2.75, 3.05) is 39.3 Å². The van der Waals surface area contributed by atoms with E-state index in [4.69, 9.17) is 4.12 Å². The molecular weight excluding hydrogens is 282 g/mol. The lowest BCUT2D eigenvalue weighted by Crippen LogP contribution is -2.68. The van der Waals surface area contributed by atoms with Gasteiger partial charge < -0.3 is 8.68 Å². The minimum Gasteiger partial charge on any atom is -0.422 e. The highest BCUT2D eigenvalue weighted by molar-refractivity contribution is 6.76. The maximum absolute atomic E-state index is 6.65. The molecule has 120 valence electrons. The summed E-state index contributed by atoms with van der Waals surface area (Å²) < 4.78 is 14.1. The van der Waals surface area contributed by atoms with Crippen LogP contribution in [0.25, 0.3) is 0 Å². The summed E-state index contributed by atoms with van der Waals surface area (Å²) in [5.41, 5.74) is 2.13. The van der Waals surface area contributed by atoms with E-state index in [-0.39, 0.29) is 0 Å². The van der Waals surface area contributed by atoms with Crippen molar-refractivity contribution in [2.45, 2.75) is 41.5 Å². The Morgan fingerprint density at radius 1 is 0.850 bits per heavy atom. The fourth-order valence-corrected chi connectivity index (χ4v) is 9.16. The second-order valence-electron chi connectivity index (χ2n) is 4.78. The minimum absolute atomic E-state index is 0.672. The van der Waals surface area contributed by atoms with Gasteiger partial charge in [-0.2, -0.15) is 0 Å². The zero-order valence-corrected chi connectivity index (χ0v) is 16.9. The van der Waals surface area contributed by atoms with Crippen molar-refractivity contribution in [1.82, 2.24) is 13.7 Å². The number of hydrogen-bond donors (Lipinski definition) is 0. The average Bonchev–Trinajstić information content (AvgIpc) is 2.49. The smallest absolute Gasteiger partial charge is 0.374 e. The van der Waals surface area contributed by atoms with Crippen LogP contribution < -0.4 is 0 Å². The van der Waals surface area contributed by atoms with Gasteiger partial charge >= 0.3 is 8.64 Å². The molecule has 0 aromatic heterocycles. The molecule has 0 fully saturated rings. The van der Waals surface area contributed by atoms with Crippen LogP contribution >= 0.6 is 0 Å². The van der Waals surface area contributed by atoms with Crippen molar-refractivity contribution in [2.24, 2.45) is 0 Å². The Morgan fingerprint density at radius 2 is 1.25 bits per heavy atom. The lowest BCUT2D eigenvalue weighted by Gasteiger charge is -2.45. The molecule has 0 heterocycles. The van der Waals surface area contributed by atoms with Crippen LogP contribution in [0.5, 0.6) is 0 Å². The predicted octanol–water partition coefficient (Wildman–Crippen LogP) is 1.69. The van der Waals surface area contributed by atoms with Crippen LogP contribution in [0.1, 0.15) is 41.5 Å². The zero-order valence-electron chi connectivity index (χ0n) is 14.5. The standard InChI is InChI=1S/C14H35N3OSi2/c1-8-15(9-2)19-18-20(14-7,16(10-3)11-4)17(12-5)13-6/h14H,7-13,19H2,1-6H3. The second kappa shape index (κ2) is 10.7. The second-order valence-corrected chi connectivity index (χ2v) is 10.1. The first kappa shape index (κ1) is 20.0. The largest absolute Gasteiger partial charge is 0.422 e. The van der Waals surface area contributed by atoms with Gasteiger partial charge in [-0.25, -0.2) is 0 Å². The summed E-state index contributed by atoms with van der Waals surface area (Å²) in [4.78, 5) is 0. The third kappa shape index (κ3) is 4.78. The molecule has 0 saturated heterocycles. The summed E-state index contributed by atoms with van der Waals surface area (Å²) in [6, 6.07) is 0. The normalized spacial score (nSPS) is 13.2. The molecule has 20 heavy (non-hydrogen) atoms. The van der Waals surface area contributed by atoms with Crippen molar-refractivity contribution >= 4 is 18.6 Å². The third-order valence-corrected chi connectivity index (χ3v) is 11.1. The molecule has 0 aromatic rings. The van der Waals surface area contributed by atoms with Gasteiger partial charge in [-0.3, -0.25) is 9.13 Å². The van der Waals surface area contributed by atoms with E-state index in [2.05, 4.69) is 67.5 Å². The molecular formula is C14H35N3OSi2. The van der Waals surface area contributed by atoms with Gasteiger partial charge in [0.15, 0.2) is 0 Å². The molecule has 0 rings (SSSR count). The summed E-state index contributed by atoms with van der Waals surface area (Å²) >= 11 is 0. The maximum Gasteiger partial charge on any atom is 0.374 e. The molecule has 4 nitrogen and oxygen atoms in total. The molecule has 0 aliphatic rings. The molecule has 6 heteroatoms. The molecule has 0 aromatic carbocycles. The van der Waals surface area contributed by atoms with Gasteiger partial charge in [0.2, 0.25) is 9.92 Å². The molecule has 0 aliphatic heterocycles. The predicted molar refractivity (Wildman–Crippen MR) is 94.3 cm³/mol. The summed E-state index contributed by atoms with van der Waals surface area (Å²) in [6.07, 6.45) is 0. The summed E-state index contributed by atoms with van der Waals surface area (Å²) in [5, 5.41) is 0. The van der Waals surface area contributed by atoms with E-state index < -0.39 is 18.6 Å². The highest BCUT2D eigenvalue weighted by Crippen LogP contribution is 2.18. The average molecular weight is 318 g/mol. The lowest BCUT2D eigenvalue weighted by atomic mass is 10.7. The summed E-state index contributed by atoms with van der Waals surface area (Å²) in [6.45, 7) is 23.7. The van der Waals surface area contributed by atoms with Crippen molar-refractivity contribution in [1.29, 1.82) is 0 Å². The van der Waals surface area contributed by atoms with Crippen LogP contribution in [-0.4, -0.2) is 71.5 Å². The Morgan fingerprint density at radius 3 is 1.50 bits per heavy atom. The summed E-state index contributed by atoms with van der Waals surface area (Å²) in [7, 11) is -2.85. The van der Waals surface area contributed by atoms with Crippen molar-refractivity contribution in [3.05, 3.63) is 12.3 Å².